The van der Waals surface area contributed by atoms with Crippen LogP contribution in [0.1, 0.15) is 30.4 Å². The highest BCUT2D eigenvalue weighted by atomic mass is 32.2. The topological polar surface area (TPSA) is 78.5 Å². The molecule has 1 amide bonds. The summed E-state index contributed by atoms with van der Waals surface area (Å²) in [6, 6.07) is 15.3. The Bertz CT molecular complexity index is 976. The average molecular weight is 414 g/mol. The molecule has 0 bridgehead atoms. The van der Waals surface area contributed by atoms with Gasteiger partial charge in [-0.2, -0.15) is 0 Å². The van der Waals surface area contributed by atoms with E-state index in [9.17, 15) is 13.2 Å². The molecule has 29 heavy (non-hydrogen) atoms. The fourth-order valence-corrected chi connectivity index (χ4v) is 5.31. The summed E-state index contributed by atoms with van der Waals surface area (Å²) in [4.78, 5) is 14.2. The van der Waals surface area contributed by atoms with E-state index in [0.29, 0.717) is 31.0 Å². The molecular formula is C22H27N3O3S. The van der Waals surface area contributed by atoms with Crippen molar-refractivity contribution in [3.63, 3.8) is 0 Å². The molecule has 4 rings (SSSR count). The quantitative estimate of drug-likeness (QED) is 0.763. The van der Waals surface area contributed by atoms with Gasteiger partial charge in [0.2, 0.25) is 15.9 Å². The summed E-state index contributed by atoms with van der Waals surface area (Å²) in [5, 5.41) is 2.79. The number of nitrogens with one attached hydrogen (secondary N) is 2. The van der Waals surface area contributed by atoms with E-state index in [-0.39, 0.29) is 10.8 Å². The zero-order valence-corrected chi connectivity index (χ0v) is 17.2. The highest BCUT2D eigenvalue weighted by molar-refractivity contribution is 7.89. The maximum absolute atomic E-state index is 12.8. The first-order valence-corrected chi connectivity index (χ1v) is 11.7. The van der Waals surface area contributed by atoms with Gasteiger partial charge in [0.05, 0.1) is 4.90 Å². The number of benzene rings is 2. The first-order chi connectivity index (χ1) is 14.0. The molecule has 1 atom stereocenters. The summed E-state index contributed by atoms with van der Waals surface area (Å²) >= 11 is 0. The van der Waals surface area contributed by atoms with E-state index in [4.69, 9.17) is 0 Å². The lowest BCUT2D eigenvalue weighted by molar-refractivity contribution is -0.116. The molecule has 6 nitrogen and oxygen atoms in total. The second kappa shape index (κ2) is 8.65. The minimum absolute atomic E-state index is 0.0245. The van der Waals surface area contributed by atoms with Crippen LogP contribution >= 0.6 is 0 Å². The summed E-state index contributed by atoms with van der Waals surface area (Å²) in [5.41, 5.74) is 2.87. The van der Waals surface area contributed by atoms with Gasteiger partial charge in [0.1, 0.15) is 0 Å². The predicted molar refractivity (Wildman–Crippen MR) is 113 cm³/mol. The highest BCUT2D eigenvalue weighted by Gasteiger charge is 2.24. The number of carbonyl (C=O) groups is 1. The number of nitrogens with zero attached hydrogens (tertiary/aromatic N) is 1. The molecule has 2 aromatic rings. The monoisotopic (exact) mass is 413 g/mol. The van der Waals surface area contributed by atoms with Crippen LogP contribution in [0.15, 0.2) is 53.4 Å². The number of hydrogen-bond acceptors (Lipinski definition) is 4. The minimum Gasteiger partial charge on any atom is -0.326 e. The number of piperidine rings is 1. The van der Waals surface area contributed by atoms with Crippen molar-refractivity contribution in [3.05, 3.63) is 59.7 Å². The van der Waals surface area contributed by atoms with Crippen LogP contribution in [-0.4, -0.2) is 38.9 Å². The van der Waals surface area contributed by atoms with E-state index in [1.54, 1.807) is 18.2 Å². The average Bonchev–Trinajstić information content (AvgIpc) is 2.73. The molecule has 2 aliphatic rings. The van der Waals surface area contributed by atoms with Crippen LogP contribution in [0.25, 0.3) is 0 Å². The largest absolute Gasteiger partial charge is 0.326 e. The van der Waals surface area contributed by atoms with Gasteiger partial charge in [0.15, 0.2) is 0 Å². The Balaban J connectivity index is 1.36. The predicted octanol–water partition coefficient (Wildman–Crippen LogP) is 2.76. The number of aryl methyl sites for hydroxylation is 1. The normalized spacial score (nSPS) is 20.1. The second-order valence-electron chi connectivity index (χ2n) is 7.95. The van der Waals surface area contributed by atoms with Crippen LogP contribution < -0.4 is 10.0 Å². The van der Waals surface area contributed by atoms with Gasteiger partial charge in [-0.15, -0.1) is 0 Å². The third kappa shape index (κ3) is 5.04. The van der Waals surface area contributed by atoms with Crippen molar-refractivity contribution in [3.8, 4) is 0 Å². The van der Waals surface area contributed by atoms with Crippen molar-refractivity contribution in [2.45, 2.75) is 37.1 Å². The molecular weight excluding hydrogens is 386 g/mol. The minimum atomic E-state index is -3.56. The zero-order chi connectivity index (χ0) is 20.3. The van der Waals surface area contributed by atoms with Gasteiger partial charge in [-0.3, -0.25) is 9.69 Å². The molecule has 7 heteroatoms. The van der Waals surface area contributed by atoms with E-state index in [2.05, 4.69) is 39.2 Å². The number of likely N-dealkylation sites (tertiary alicyclic amines) is 1. The van der Waals surface area contributed by atoms with E-state index in [0.717, 1.165) is 38.0 Å². The molecule has 2 N–H and O–H groups in total. The van der Waals surface area contributed by atoms with Crippen molar-refractivity contribution in [1.29, 1.82) is 0 Å². The number of sulfonamides is 1. The molecule has 2 aromatic carbocycles. The summed E-state index contributed by atoms with van der Waals surface area (Å²) in [6.07, 6.45) is 3.08. The van der Waals surface area contributed by atoms with Gasteiger partial charge >= 0.3 is 0 Å². The van der Waals surface area contributed by atoms with E-state index in [1.807, 2.05) is 6.07 Å². The summed E-state index contributed by atoms with van der Waals surface area (Å²) in [6.45, 7) is 3.30. The van der Waals surface area contributed by atoms with Gasteiger partial charge in [0, 0.05) is 31.7 Å². The first-order valence-electron chi connectivity index (χ1n) is 10.2. The molecule has 0 aromatic heterocycles. The van der Waals surface area contributed by atoms with E-state index < -0.39 is 10.0 Å². The molecule has 0 spiro atoms. The summed E-state index contributed by atoms with van der Waals surface area (Å²) in [7, 11) is -3.56. The molecule has 2 aliphatic heterocycles. The Labute approximate surface area is 172 Å². The summed E-state index contributed by atoms with van der Waals surface area (Å²) < 4.78 is 28.4. The standard InChI is InChI=1S/C22H27N3O3S/c26-22-11-8-19-13-20(9-10-21(19)24-22)29(27,28)23-14-18-7-4-12-25(16-18)15-17-5-2-1-3-6-17/h1-3,5-6,9-10,13,18,23H,4,7-8,11-12,14-16H2,(H,24,26)/t18-/m1/s1. The number of amides is 1. The van der Waals surface area contributed by atoms with Crippen LogP contribution in [0.5, 0.6) is 0 Å². The Morgan fingerprint density at radius 3 is 2.76 bits per heavy atom. The van der Waals surface area contributed by atoms with Crippen molar-refractivity contribution in [2.75, 3.05) is 25.0 Å². The molecule has 1 saturated heterocycles. The van der Waals surface area contributed by atoms with Gasteiger partial charge in [-0.1, -0.05) is 30.3 Å². The van der Waals surface area contributed by atoms with Crippen LogP contribution in [0.3, 0.4) is 0 Å². The van der Waals surface area contributed by atoms with E-state index in [1.165, 1.54) is 5.56 Å². The van der Waals surface area contributed by atoms with Crippen LogP contribution in [-0.2, 0) is 27.8 Å². The lowest BCUT2D eigenvalue weighted by atomic mass is 9.98. The maximum Gasteiger partial charge on any atom is 0.240 e. The Morgan fingerprint density at radius 2 is 1.93 bits per heavy atom. The maximum atomic E-state index is 12.8. The summed E-state index contributed by atoms with van der Waals surface area (Å²) in [5.74, 6) is 0.280. The second-order valence-corrected chi connectivity index (χ2v) is 9.71. The third-order valence-corrected chi connectivity index (χ3v) is 7.12. The highest BCUT2D eigenvalue weighted by Crippen LogP contribution is 2.26. The Hall–Kier alpha value is -2.22. The molecule has 2 heterocycles. The molecule has 0 radical (unpaired) electrons. The molecule has 0 unspecified atom stereocenters. The Morgan fingerprint density at radius 1 is 1.10 bits per heavy atom. The molecule has 154 valence electrons. The van der Waals surface area contributed by atoms with Crippen LogP contribution in [0.2, 0.25) is 0 Å². The SMILES string of the molecule is O=C1CCc2cc(S(=O)(=O)NC[C@H]3CCCN(Cc4ccccc4)C3)ccc2N1. The molecule has 1 fully saturated rings. The lowest BCUT2D eigenvalue weighted by Crippen LogP contribution is -2.40. The number of fused-ring (bicyclic) bond motifs is 1. The molecule has 0 aliphatic carbocycles. The van der Waals surface area contributed by atoms with E-state index >= 15 is 0 Å². The van der Waals surface area contributed by atoms with Gasteiger partial charge in [0.25, 0.3) is 0 Å². The number of anilines is 1. The number of carbonyl (C=O) groups excluding carboxylic acids is 1. The Kier molecular flexibility index (Phi) is 5.99. The number of rotatable bonds is 6. The van der Waals surface area contributed by atoms with Crippen molar-refractivity contribution in [2.24, 2.45) is 5.92 Å². The lowest BCUT2D eigenvalue weighted by Gasteiger charge is -2.32. The van der Waals surface area contributed by atoms with Crippen molar-refractivity contribution < 1.29 is 13.2 Å². The van der Waals surface area contributed by atoms with Crippen LogP contribution in [0.4, 0.5) is 5.69 Å². The zero-order valence-electron chi connectivity index (χ0n) is 16.4. The fraction of sp³-hybridized carbons (Fsp3) is 0.409. The third-order valence-electron chi connectivity index (χ3n) is 5.70. The van der Waals surface area contributed by atoms with Gasteiger partial charge in [-0.25, -0.2) is 13.1 Å². The first kappa shape index (κ1) is 20.1. The van der Waals surface area contributed by atoms with Crippen LogP contribution in [0, 0.1) is 5.92 Å². The van der Waals surface area contributed by atoms with Crippen molar-refractivity contribution in [1.82, 2.24) is 9.62 Å². The fourth-order valence-electron chi connectivity index (χ4n) is 4.14. The van der Waals surface area contributed by atoms with Gasteiger partial charge in [-0.05, 0) is 61.1 Å². The van der Waals surface area contributed by atoms with Gasteiger partial charge < -0.3 is 5.32 Å². The smallest absolute Gasteiger partial charge is 0.240 e. The molecule has 0 saturated carbocycles. The van der Waals surface area contributed by atoms with Crippen molar-refractivity contribution >= 4 is 21.6 Å². The number of hydrogen-bond donors (Lipinski definition) is 2.